The molecule has 2 rings (SSSR count). The number of hydrogen-bond acceptors (Lipinski definition) is 4. The quantitative estimate of drug-likeness (QED) is 0.892. The molecule has 1 aromatic heterocycles. The molecule has 1 amide bonds. The second kappa shape index (κ2) is 5.21. The first-order valence-corrected chi connectivity index (χ1v) is 6.56. The zero-order valence-corrected chi connectivity index (χ0v) is 11.8. The molecule has 1 aliphatic heterocycles. The molecule has 2 heterocycles. The second-order valence-electron chi connectivity index (χ2n) is 6.03. The fourth-order valence-corrected chi connectivity index (χ4v) is 2.04. The van der Waals surface area contributed by atoms with Crippen molar-refractivity contribution >= 4 is 6.09 Å². The number of ether oxygens (including phenoxy) is 1. The lowest BCUT2D eigenvalue weighted by Gasteiger charge is -2.39. The summed E-state index contributed by atoms with van der Waals surface area (Å²) < 4.78 is 7.20. The van der Waals surface area contributed by atoms with Gasteiger partial charge in [-0.2, -0.15) is 5.10 Å². The van der Waals surface area contributed by atoms with Crippen LogP contribution in [0.4, 0.5) is 4.79 Å². The highest BCUT2D eigenvalue weighted by atomic mass is 16.6. The highest BCUT2D eigenvalue weighted by Crippen LogP contribution is 2.20. The Hall–Kier alpha value is -1.56. The standard InChI is InChI=1S/C13H22N4O2/c1-13(2,3)19-12(18)16-6-11(7-16)9-17-8-10(4-14)5-15-17/h5,8,11H,4,6-7,9,14H2,1-3H3. The molecule has 0 aromatic carbocycles. The Morgan fingerprint density at radius 2 is 2.21 bits per heavy atom. The number of amides is 1. The zero-order chi connectivity index (χ0) is 14.0. The summed E-state index contributed by atoms with van der Waals surface area (Å²) in [4.78, 5) is 13.5. The third-order valence-electron chi connectivity index (χ3n) is 2.98. The molecule has 1 saturated heterocycles. The summed E-state index contributed by atoms with van der Waals surface area (Å²) in [5.74, 6) is 0.443. The minimum atomic E-state index is -0.430. The topological polar surface area (TPSA) is 73.4 Å². The molecule has 6 heteroatoms. The Morgan fingerprint density at radius 3 is 2.74 bits per heavy atom. The van der Waals surface area contributed by atoms with Crippen molar-refractivity contribution in [3.05, 3.63) is 18.0 Å². The van der Waals surface area contributed by atoms with Crippen LogP contribution in [0.5, 0.6) is 0 Å². The van der Waals surface area contributed by atoms with E-state index in [0.717, 1.165) is 25.2 Å². The monoisotopic (exact) mass is 266 g/mol. The summed E-state index contributed by atoms with van der Waals surface area (Å²) in [6.45, 7) is 8.41. The molecule has 0 unspecified atom stereocenters. The Morgan fingerprint density at radius 1 is 1.53 bits per heavy atom. The van der Waals surface area contributed by atoms with Crippen molar-refractivity contribution in [3.63, 3.8) is 0 Å². The van der Waals surface area contributed by atoms with E-state index in [1.807, 2.05) is 31.6 Å². The molecule has 19 heavy (non-hydrogen) atoms. The molecule has 0 saturated carbocycles. The largest absolute Gasteiger partial charge is 0.444 e. The summed E-state index contributed by atoms with van der Waals surface area (Å²) in [5.41, 5.74) is 6.14. The summed E-state index contributed by atoms with van der Waals surface area (Å²) in [7, 11) is 0. The van der Waals surface area contributed by atoms with Gasteiger partial charge >= 0.3 is 6.09 Å². The molecule has 106 valence electrons. The SMILES string of the molecule is CC(C)(C)OC(=O)N1CC(Cn2cc(CN)cn2)C1. The fourth-order valence-electron chi connectivity index (χ4n) is 2.04. The van der Waals surface area contributed by atoms with Gasteiger partial charge in [0.05, 0.1) is 6.20 Å². The number of nitrogens with two attached hydrogens (primary N) is 1. The van der Waals surface area contributed by atoms with Crippen molar-refractivity contribution in [2.45, 2.75) is 39.5 Å². The van der Waals surface area contributed by atoms with Crippen molar-refractivity contribution < 1.29 is 9.53 Å². The van der Waals surface area contributed by atoms with Gasteiger partial charge in [-0.3, -0.25) is 4.68 Å². The van der Waals surface area contributed by atoms with Crippen LogP contribution in [-0.2, 0) is 17.8 Å². The Balaban J connectivity index is 1.75. The van der Waals surface area contributed by atoms with Crippen LogP contribution in [0.15, 0.2) is 12.4 Å². The lowest BCUT2D eigenvalue weighted by molar-refractivity contribution is -0.00383. The molecule has 2 N–H and O–H groups in total. The van der Waals surface area contributed by atoms with E-state index in [0.29, 0.717) is 12.5 Å². The van der Waals surface area contributed by atoms with Crippen LogP contribution in [0, 0.1) is 5.92 Å². The minimum absolute atomic E-state index is 0.230. The van der Waals surface area contributed by atoms with Crippen molar-refractivity contribution in [2.24, 2.45) is 11.7 Å². The molecule has 0 atom stereocenters. The van der Waals surface area contributed by atoms with Gasteiger partial charge in [0, 0.05) is 43.9 Å². The van der Waals surface area contributed by atoms with E-state index in [1.165, 1.54) is 0 Å². The van der Waals surface area contributed by atoms with E-state index in [9.17, 15) is 4.79 Å². The maximum atomic E-state index is 11.8. The first-order chi connectivity index (χ1) is 8.87. The van der Waals surface area contributed by atoms with E-state index < -0.39 is 5.60 Å². The van der Waals surface area contributed by atoms with Crippen LogP contribution >= 0.6 is 0 Å². The van der Waals surface area contributed by atoms with E-state index in [4.69, 9.17) is 10.5 Å². The Bertz CT molecular complexity index is 444. The van der Waals surface area contributed by atoms with Gasteiger partial charge in [-0.15, -0.1) is 0 Å². The average Bonchev–Trinajstić information content (AvgIpc) is 2.67. The fraction of sp³-hybridized carbons (Fsp3) is 0.692. The molecule has 0 spiro atoms. The van der Waals surface area contributed by atoms with Gasteiger partial charge in [0.25, 0.3) is 0 Å². The van der Waals surface area contributed by atoms with Crippen molar-refractivity contribution in [3.8, 4) is 0 Å². The molecule has 0 bridgehead atoms. The van der Waals surface area contributed by atoms with Crippen LogP contribution in [0.2, 0.25) is 0 Å². The normalized spacial score (nSPS) is 16.3. The summed E-state index contributed by atoms with van der Waals surface area (Å²) in [5, 5.41) is 4.24. The van der Waals surface area contributed by atoms with Crippen molar-refractivity contribution in [2.75, 3.05) is 13.1 Å². The minimum Gasteiger partial charge on any atom is -0.444 e. The predicted molar refractivity (Wildman–Crippen MR) is 71.4 cm³/mol. The lowest BCUT2D eigenvalue weighted by atomic mass is 10.0. The summed E-state index contributed by atoms with van der Waals surface area (Å²) in [6, 6.07) is 0. The van der Waals surface area contributed by atoms with Crippen LogP contribution < -0.4 is 5.73 Å². The van der Waals surface area contributed by atoms with Gasteiger partial charge in [0.1, 0.15) is 5.60 Å². The lowest BCUT2D eigenvalue weighted by Crippen LogP contribution is -2.52. The molecule has 1 aromatic rings. The maximum Gasteiger partial charge on any atom is 0.410 e. The first kappa shape index (κ1) is 13.9. The molecular formula is C13H22N4O2. The van der Waals surface area contributed by atoms with Gasteiger partial charge in [0.15, 0.2) is 0 Å². The average molecular weight is 266 g/mol. The summed E-state index contributed by atoms with van der Waals surface area (Å²) in [6.07, 6.45) is 3.51. The number of likely N-dealkylation sites (tertiary alicyclic amines) is 1. The number of carbonyl (C=O) groups excluding carboxylic acids is 1. The van der Waals surface area contributed by atoms with E-state index in [1.54, 1.807) is 11.1 Å². The van der Waals surface area contributed by atoms with E-state index >= 15 is 0 Å². The number of rotatable bonds is 3. The van der Waals surface area contributed by atoms with Gasteiger partial charge in [-0.1, -0.05) is 0 Å². The number of aromatic nitrogens is 2. The maximum absolute atomic E-state index is 11.8. The van der Waals surface area contributed by atoms with Crippen LogP contribution in [0.3, 0.4) is 0 Å². The molecule has 0 radical (unpaired) electrons. The number of carbonyl (C=O) groups is 1. The summed E-state index contributed by atoms with van der Waals surface area (Å²) >= 11 is 0. The molecule has 6 nitrogen and oxygen atoms in total. The van der Waals surface area contributed by atoms with Crippen LogP contribution in [-0.4, -0.2) is 39.5 Å². The Labute approximate surface area is 113 Å². The van der Waals surface area contributed by atoms with Gasteiger partial charge in [0.2, 0.25) is 0 Å². The van der Waals surface area contributed by atoms with E-state index in [2.05, 4.69) is 5.10 Å². The molecular weight excluding hydrogens is 244 g/mol. The predicted octanol–water partition coefficient (Wildman–Crippen LogP) is 1.21. The third kappa shape index (κ3) is 3.70. The van der Waals surface area contributed by atoms with Crippen LogP contribution in [0.1, 0.15) is 26.3 Å². The molecule has 1 aliphatic rings. The van der Waals surface area contributed by atoms with Gasteiger partial charge in [-0.05, 0) is 20.8 Å². The molecule has 1 fully saturated rings. The first-order valence-electron chi connectivity index (χ1n) is 6.56. The number of nitrogens with zero attached hydrogens (tertiary/aromatic N) is 3. The van der Waals surface area contributed by atoms with Crippen molar-refractivity contribution in [1.29, 1.82) is 0 Å². The van der Waals surface area contributed by atoms with E-state index in [-0.39, 0.29) is 6.09 Å². The number of hydrogen-bond donors (Lipinski definition) is 1. The smallest absolute Gasteiger partial charge is 0.410 e. The highest BCUT2D eigenvalue weighted by molar-refractivity contribution is 5.69. The molecule has 0 aliphatic carbocycles. The van der Waals surface area contributed by atoms with Crippen LogP contribution in [0.25, 0.3) is 0 Å². The zero-order valence-electron chi connectivity index (χ0n) is 11.8. The Kier molecular flexibility index (Phi) is 3.80. The van der Waals surface area contributed by atoms with Gasteiger partial charge in [-0.25, -0.2) is 4.79 Å². The van der Waals surface area contributed by atoms with Crippen molar-refractivity contribution in [1.82, 2.24) is 14.7 Å². The van der Waals surface area contributed by atoms with Gasteiger partial charge < -0.3 is 15.4 Å². The highest BCUT2D eigenvalue weighted by Gasteiger charge is 2.33. The third-order valence-corrected chi connectivity index (χ3v) is 2.98. The second-order valence-corrected chi connectivity index (χ2v) is 6.03.